The van der Waals surface area contributed by atoms with Gasteiger partial charge in [0.25, 0.3) is 5.91 Å². The molecule has 7 nitrogen and oxygen atoms in total. The third-order valence-electron chi connectivity index (χ3n) is 6.67. The average molecular weight is 426 g/mol. The van der Waals surface area contributed by atoms with Crippen LogP contribution in [0.15, 0.2) is 40.8 Å². The van der Waals surface area contributed by atoms with Crippen molar-refractivity contribution < 1.29 is 18.7 Å². The van der Waals surface area contributed by atoms with Crippen molar-refractivity contribution in [1.82, 2.24) is 15.1 Å². The van der Waals surface area contributed by atoms with Crippen LogP contribution in [-0.2, 0) is 24.2 Å². The topological polar surface area (TPSA) is 75.0 Å². The van der Waals surface area contributed by atoms with Crippen molar-refractivity contribution >= 4 is 11.9 Å². The second-order valence-corrected chi connectivity index (χ2v) is 8.57. The third-order valence-corrected chi connectivity index (χ3v) is 6.67. The molecular formula is C24H31N3O4. The van der Waals surface area contributed by atoms with Gasteiger partial charge in [-0.3, -0.25) is 14.6 Å². The minimum atomic E-state index is -0.912. The fourth-order valence-electron chi connectivity index (χ4n) is 4.87. The Morgan fingerprint density at radius 1 is 1.16 bits per heavy atom. The van der Waals surface area contributed by atoms with Crippen LogP contribution in [0.4, 0.5) is 4.79 Å². The number of carbonyl (C=O) groups is 2. The van der Waals surface area contributed by atoms with Crippen LogP contribution in [0.3, 0.4) is 0 Å². The number of hydrogen-bond donors (Lipinski definition) is 1. The summed E-state index contributed by atoms with van der Waals surface area (Å²) in [7, 11) is 3.19. The van der Waals surface area contributed by atoms with Crippen LogP contribution in [0.2, 0.25) is 0 Å². The van der Waals surface area contributed by atoms with Crippen molar-refractivity contribution in [3.05, 3.63) is 53.5 Å². The Bertz CT molecular complexity index is 948. The first-order valence-corrected chi connectivity index (χ1v) is 11.0. The standard InChI is InChI=1S/C24H31N3O4/c1-4-19-8-9-21(31-19)16-27-12-10-18(11-13-27)24(22(28)26(2)23(29)25-24)15-17-6-5-7-20(14-17)30-3/h5-9,14,18H,4,10-13,15-16H2,1-3H3,(H,25,29)/t24-/m1/s1. The van der Waals surface area contributed by atoms with Gasteiger partial charge in [-0.1, -0.05) is 19.1 Å². The summed E-state index contributed by atoms with van der Waals surface area (Å²) in [4.78, 5) is 29.3. The molecule has 2 aromatic rings. The maximum absolute atomic E-state index is 13.3. The summed E-state index contributed by atoms with van der Waals surface area (Å²) in [5, 5.41) is 3.06. The zero-order valence-electron chi connectivity index (χ0n) is 18.5. The van der Waals surface area contributed by atoms with Crippen LogP contribution in [0, 0.1) is 5.92 Å². The van der Waals surface area contributed by atoms with Gasteiger partial charge in [0.2, 0.25) is 0 Å². The number of likely N-dealkylation sites (N-methyl/N-ethyl adjacent to an activating group) is 1. The van der Waals surface area contributed by atoms with Gasteiger partial charge >= 0.3 is 6.03 Å². The molecule has 2 aliphatic heterocycles. The van der Waals surface area contributed by atoms with E-state index in [4.69, 9.17) is 9.15 Å². The Morgan fingerprint density at radius 2 is 1.90 bits per heavy atom. The lowest BCUT2D eigenvalue weighted by atomic mass is 9.74. The molecule has 0 aliphatic carbocycles. The maximum Gasteiger partial charge on any atom is 0.324 e. The van der Waals surface area contributed by atoms with Gasteiger partial charge in [-0.15, -0.1) is 0 Å². The molecule has 1 aromatic carbocycles. The molecule has 31 heavy (non-hydrogen) atoms. The van der Waals surface area contributed by atoms with Gasteiger partial charge in [0, 0.05) is 19.9 Å². The number of nitrogens with one attached hydrogen (secondary N) is 1. The number of nitrogens with zero attached hydrogens (tertiary/aromatic N) is 2. The van der Waals surface area contributed by atoms with Crippen molar-refractivity contribution in [3.63, 3.8) is 0 Å². The van der Waals surface area contributed by atoms with E-state index < -0.39 is 5.54 Å². The van der Waals surface area contributed by atoms with Crippen LogP contribution >= 0.6 is 0 Å². The molecule has 7 heteroatoms. The minimum Gasteiger partial charge on any atom is -0.497 e. The van der Waals surface area contributed by atoms with E-state index in [1.807, 2.05) is 36.4 Å². The average Bonchev–Trinajstić information content (AvgIpc) is 3.33. The highest BCUT2D eigenvalue weighted by atomic mass is 16.5. The fraction of sp³-hybridized carbons (Fsp3) is 0.500. The monoisotopic (exact) mass is 425 g/mol. The second-order valence-electron chi connectivity index (χ2n) is 8.57. The predicted octanol–water partition coefficient (Wildman–Crippen LogP) is 3.23. The van der Waals surface area contributed by atoms with Crippen molar-refractivity contribution in [1.29, 1.82) is 0 Å². The number of ether oxygens (including phenoxy) is 1. The number of furan rings is 1. The molecule has 3 amide bonds. The fourth-order valence-corrected chi connectivity index (χ4v) is 4.87. The van der Waals surface area contributed by atoms with E-state index in [0.717, 1.165) is 61.7 Å². The molecule has 166 valence electrons. The van der Waals surface area contributed by atoms with Crippen LogP contribution < -0.4 is 10.1 Å². The molecular weight excluding hydrogens is 394 g/mol. The highest BCUT2D eigenvalue weighted by Gasteiger charge is 2.54. The van der Waals surface area contributed by atoms with E-state index >= 15 is 0 Å². The second kappa shape index (κ2) is 8.75. The van der Waals surface area contributed by atoms with E-state index in [-0.39, 0.29) is 17.9 Å². The number of carbonyl (C=O) groups excluding carboxylic acids is 2. The van der Waals surface area contributed by atoms with Crippen molar-refractivity contribution in [2.75, 3.05) is 27.2 Å². The molecule has 3 heterocycles. The first-order valence-electron chi connectivity index (χ1n) is 11.0. The summed E-state index contributed by atoms with van der Waals surface area (Å²) in [6, 6.07) is 11.5. The predicted molar refractivity (Wildman–Crippen MR) is 117 cm³/mol. The number of imide groups is 1. The van der Waals surface area contributed by atoms with Crippen LogP contribution in [0.25, 0.3) is 0 Å². The largest absolute Gasteiger partial charge is 0.497 e. The number of amides is 3. The minimum absolute atomic E-state index is 0.0687. The number of rotatable bonds is 7. The molecule has 4 rings (SSSR count). The van der Waals surface area contributed by atoms with Crippen LogP contribution in [-0.4, -0.2) is 54.5 Å². The molecule has 1 aromatic heterocycles. The number of piperidine rings is 1. The van der Waals surface area contributed by atoms with Crippen LogP contribution in [0.5, 0.6) is 5.75 Å². The lowest BCUT2D eigenvalue weighted by Gasteiger charge is -2.40. The van der Waals surface area contributed by atoms with Gasteiger partial charge in [-0.05, 0) is 61.7 Å². The summed E-state index contributed by atoms with van der Waals surface area (Å²) in [6.07, 6.45) is 3.03. The third kappa shape index (κ3) is 4.19. The Balaban J connectivity index is 1.50. The van der Waals surface area contributed by atoms with E-state index in [2.05, 4.69) is 17.1 Å². The Labute approximate surface area is 183 Å². The summed E-state index contributed by atoms with van der Waals surface area (Å²) in [5.41, 5.74) is 0.0677. The Hall–Kier alpha value is -2.80. The molecule has 0 bridgehead atoms. The van der Waals surface area contributed by atoms with Crippen molar-refractivity contribution in [2.24, 2.45) is 5.92 Å². The van der Waals surface area contributed by atoms with Crippen molar-refractivity contribution in [3.8, 4) is 5.75 Å². The Kier molecular flexibility index (Phi) is 6.05. The van der Waals surface area contributed by atoms with E-state index in [1.165, 1.54) is 4.90 Å². The zero-order chi connectivity index (χ0) is 22.0. The van der Waals surface area contributed by atoms with E-state index in [9.17, 15) is 9.59 Å². The SMILES string of the molecule is CCc1ccc(CN2CCC([C@@]3(Cc4cccc(OC)c4)NC(=O)N(C)C3=O)CC2)o1. The molecule has 1 atom stereocenters. The van der Waals surface area contributed by atoms with Crippen molar-refractivity contribution in [2.45, 2.75) is 44.7 Å². The molecule has 0 radical (unpaired) electrons. The van der Waals surface area contributed by atoms with E-state index in [0.29, 0.717) is 6.42 Å². The molecule has 2 fully saturated rings. The molecule has 0 unspecified atom stereocenters. The summed E-state index contributed by atoms with van der Waals surface area (Å²) in [6.45, 7) is 4.58. The molecule has 0 saturated carbocycles. The smallest absolute Gasteiger partial charge is 0.324 e. The lowest BCUT2D eigenvalue weighted by molar-refractivity contribution is -0.133. The molecule has 2 aliphatic rings. The summed E-state index contributed by atoms with van der Waals surface area (Å²) >= 11 is 0. The van der Waals surface area contributed by atoms with Gasteiger partial charge in [0.15, 0.2) is 0 Å². The van der Waals surface area contributed by atoms with Gasteiger partial charge in [-0.25, -0.2) is 4.79 Å². The molecule has 0 spiro atoms. The highest BCUT2D eigenvalue weighted by molar-refractivity contribution is 6.07. The van der Waals surface area contributed by atoms with Gasteiger partial charge in [0.05, 0.1) is 13.7 Å². The number of urea groups is 1. The summed E-state index contributed by atoms with van der Waals surface area (Å²) < 4.78 is 11.2. The van der Waals surface area contributed by atoms with E-state index in [1.54, 1.807) is 14.2 Å². The zero-order valence-corrected chi connectivity index (χ0v) is 18.5. The van der Waals surface area contributed by atoms with Crippen LogP contribution in [0.1, 0.15) is 36.8 Å². The first-order chi connectivity index (χ1) is 14.9. The Morgan fingerprint density at radius 3 is 2.52 bits per heavy atom. The van der Waals surface area contributed by atoms with Gasteiger partial charge < -0.3 is 14.5 Å². The lowest BCUT2D eigenvalue weighted by Crippen LogP contribution is -2.57. The number of hydrogen-bond acceptors (Lipinski definition) is 5. The first kappa shape index (κ1) is 21.4. The number of benzene rings is 1. The van der Waals surface area contributed by atoms with Gasteiger partial charge in [0.1, 0.15) is 22.8 Å². The molecule has 2 saturated heterocycles. The summed E-state index contributed by atoms with van der Waals surface area (Å²) in [5.74, 6) is 2.66. The maximum atomic E-state index is 13.3. The quantitative estimate of drug-likeness (QED) is 0.690. The number of likely N-dealkylation sites (tertiary alicyclic amines) is 1. The number of methoxy groups -OCH3 is 1. The molecule has 1 N–H and O–H groups in total. The normalized spacial score (nSPS) is 22.7. The highest BCUT2D eigenvalue weighted by Crippen LogP contribution is 2.37. The van der Waals surface area contributed by atoms with Gasteiger partial charge in [-0.2, -0.15) is 0 Å². The number of aryl methyl sites for hydroxylation is 1.